The van der Waals surface area contributed by atoms with E-state index in [1.165, 1.54) is 7.11 Å². The van der Waals surface area contributed by atoms with Gasteiger partial charge in [0.15, 0.2) is 0 Å². The Kier molecular flexibility index (Phi) is 5.91. The van der Waals surface area contributed by atoms with Gasteiger partial charge in [0, 0.05) is 32.7 Å². The van der Waals surface area contributed by atoms with Gasteiger partial charge in [-0.2, -0.15) is 0 Å². The highest BCUT2D eigenvalue weighted by Crippen LogP contribution is 2.16. The van der Waals surface area contributed by atoms with Gasteiger partial charge in [0.1, 0.15) is 6.04 Å². The van der Waals surface area contributed by atoms with Crippen LogP contribution in [-0.2, 0) is 9.53 Å². The minimum absolute atomic E-state index is 0.177. The molecule has 2 unspecified atom stereocenters. The van der Waals surface area contributed by atoms with Gasteiger partial charge in [0.2, 0.25) is 0 Å². The van der Waals surface area contributed by atoms with Gasteiger partial charge in [0.25, 0.3) is 0 Å². The van der Waals surface area contributed by atoms with E-state index in [-0.39, 0.29) is 18.5 Å². The summed E-state index contributed by atoms with van der Waals surface area (Å²) in [4.78, 5) is 24.7. The molecule has 0 radical (unpaired) electrons. The summed E-state index contributed by atoms with van der Waals surface area (Å²) in [6.45, 7) is 3.00. The van der Waals surface area contributed by atoms with Crippen molar-refractivity contribution in [1.29, 1.82) is 0 Å². The summed E-state index contributed by atoms with van der Waals surface area (Å²) >= 11 is 0. The molecular formula is C12H22N2O4. The Balaban J connectivity index is 2.51. The Hall–Kier alpha value is -1.30. The summed E-state index contributed by atoms with van der Waals surface area (Å²) in [6.07, 6.45) is 3.35. The van der Waals surface area contributed by atoms with Gasteiger partial charge < -0.3 is 20.1 Å². The van der Waals surface area contributed by atoms with Gasteiger partial charge in [-0.15, -0.1) is 0 Å². The number of nitrogens with one attached hydrogen (secondary N) is 1. The van der Waals surface area contributed by atoms with Gasteiger partial charge >= 0.3 is 12.0 Å². The van der Waals surface area contributed by atoms with Crippen LogP contribution in [0.3, 0.4) is 0 Å². The lowest BCUT2D eigenvalue weighted by Crippen LogP contribution is -2.52. The van der Waals surface area contributed by atoms with Crippen LogP contribution >= 0.6 is 0 Å². The number of piperidine rings is 1. The zero-order valence-electron chi connectivity index (χ0n) is 11.0. The fourth-order valence-electron chi connectivity index (χ4n) is 2.12. The molecule has 2 amide bonds. The number of methoxy groups -OCH3 is 1. The molecule has 1 fully saturated rings. The summed E-state index contributed by atoms with van der Waals surface area (Å²) in [5.41, 5.74) is 0. The third-order valence-corrected chi connectivity index (χ3v) is 3.27. The van der Waals surface area contributed by atoms with Crippen LogP contribution in [0.1, 0.15) is 32.6 Å². The van der Waals surface area contributed by atoms with Gasteiger partial charge in [-0.3, -0.25) is 0 Å². The van der Waals surface area contributed by atoms with Gasteiger partial charge in [-0.25, -0.2) is 9.59 Å². The van der Waals surface area contributed by atoms with E-state index in [4.69, 9.17) is 9.84 Å². The van der Waals surface area contributed by atoms with E-state index in [0.29, 0.717) is 13.2 Å². The molecule has 1 saturated heterocycles. The molecule has 2 N–H and O–H groups in total. The van der Waals surface area contributed by atoms with Crippen molar-refractivity contribution in [2.24, 2.45) is 0 Å². The second-order valence-electron chi connectivity index (χ2n) is 4.66. The Labute approximate surface area is 107 Å². The molecule has 0 aromatic carbocycles. The number of nitrogens with zero attached hydrogens (tertiary/aromatic N) is 1. The molecule has 0 aromatic heterocycles. The van der Waals surface area contributed by atoms with Crippen molar-refractivity contribution in [3.05, 3.63) is 0 Å². The van der Waals surface area contributed by atoms with Crippen LogP contribution in [0.2, 0.25) is 0 Å². The van der Waals surface area contributed by atoms with Crippen molar-refractivity contribution in [2.45, 2.75) is 44.7 Å². The Bertz CT molecular complexity index is 296. The second-order valence-corrected chi connectivity index (χ2v) is 4.66. The van der Waals surface area contributed by atoms with Crippen molar-refractivity contribution in [2.75, 3.05) is 20.3 Å². The number of carboxylic acids is 1. The monoisotopic (exact) mass is 258 g/mol. The lowest BCUT2D eigenvalue weighted by atomic mass is 10.0. The molecule has 1 heterocycles. The minimum atomic E-state index is -1.02. The number of aliphatic carboxylic acids is 1. The van der Waals surface area contributed by atoms with Crippen LogP contribution < -0.4 is 5.32 Å². The second kappa shape index (κ2) is 7.20. The number of carbonyl (C=O) groups is 2. The molecule has 0 spiro atoms. The van der Waals surface area contributed by atoms with Crippen LogP contribution in [-0.4, -0.2) is 54.4 Å². The van der Waals surface area contributed by atoms with E-state index >= 15 is 0 Å². The summed E-state index contributed by atoms with van der Waals surface area (Å²) in [7, 11) is 1.51. The first-order chi connectivity index (χ1) is 8.56. The number of carbonyl (C=O) groups excluding carboxylic acids is 1. The van der Waals surface area contributed by atoms with Crippen molar-refractivity contribution in [3.8, 4) is 0 Å². The van der Waals surface area contributed by atoms with Crippen molar-refractivity contribution in [1.82, 2.24) is 10.2 Å². The topological polar surface area (TPSA) is 78.9 Å². The SMILES string of the molecule is COCCC(NC(=O)N1CCCCC1C)C(=O)O. The molecule has 2 atom stereocenters. The third kappa shape index (κ3) is 4.18. The van der Waals surface area contributed by atoms with Crippen LogP contribution in [0, 0.1) is 0 Å². The zero-order valence-corrected chi connectivity index (χ0v) is 11.0. The van der Waals surface area contributed by atoms with E-state index in [1.54, 1.807) is 4.90 Å². The van der Waals surface area contributed by atoms with E-state index in [0.717, 1.165) is 19.3 Å². The summed E-state index contributed by atoms with van der Waals surface area (Å²) in [6, 6.07) is -0.993. The highest BCUT2D eigenvalue weighted by atomic mass is 16.5. The van der Waals surface area contributed by atoms with Crippen molar-refractivity contribution >= 4 is 12.0 Å². The molecular weight excluding hydrogens is 236 g/mol. The predicted octanol–water partition coefficient (Wildman–Crippen LogP) is 1.06. The summed E-state index contributed by atoms with van der Waals surface area (Å²) in [5, 5.41) is 11.6. The zero-order chi connectivity index (χ0) is 13.5. The summed E-state index contributed by atoms with van der Waals surface area (Å²) in [5.74, 6) is -1.02. The number of rotatable bonds is 5. The van der Waals surface area contributed by atoms with Gasteiger partial charge in [-0.05, 0) is 26.2 Å². The number of hydrogen-bond donors (Lipinski definition) is 2. The lowest BCUT2D eigenvalue weighted by Gasteiger charge is -2.34. The molecule has 6 heteroatoms. The van der Waals surface area contributed by atoms with E-state index in [2.05, 4.69) is 5.32 Å². The highest BCUT2D eigenvalue weighted by Gasteiger charge is 2.27. The number of amides is 2. The quantitative estimate of drug-likeness (QED) is 0.773. The van der Waals surface area contributed by atoms with Crippen LogP contribution in [0.5, 0.6) is 0 Å². The molecule has 104 valence electrons. The third-order valence-electron chi connectivity index (χ3n) is 3.27. The molecule has 0 aliphatic carbocycles. The van der Waals surface area contributed by atoms with Crippen molar-refractivity contribution < 1.29 is 19.4 Å². The average Bonchev–Trinajstić information content (AvgIpc) is 2.34. The van der Waals surface area contributed by atoms with Crippen LogP contribution in [0.4, 0.5) is 4.79 Å². The molecule has 0 saturated carbocycles. The molecule has 1 rings (SSSR count). The smallest absolute Gasteiger partial charge is 0.326 e. The maximum absolute atomic E-state index is 12.0. The Morgan fingerprint density at radius 3 is 2.78 bits per heavy atom. The lowest BCUT2D eigenvalue weighted by molar-refractivity contribution is -0.139. The van der Waals surface area contributed by atoms with Gasteiger partial charge in [-0.1, -0.05) is 0 Å². The number of likely N-dealkylation sites (tertiary alicyclic amines) is 1. The number of hydrogen-bond acceptors (Lipinski definition) is 3. The Morgan fingerprint density at radius 1 is 1.50 bits per heavy atom. The maximum Gasteiger partial charge on any atom is 0.326 e. The average molecular weight is 258 g/mol. The maximum atomic E-state index is 12.0. The minimum Gasteiger partial charge on any atom is -0.480 e. The van der Waals surface area contributed by atoms with E-state index in [1.807, 2.05) is 6.92 Å². The highest BCUT2D eigenvalue weighted by molar-refractivity contribution is 5.82. The van der Waals surface area contributed by atoms with E-state index < -0.39 is 12.0 Å². The molecule has 6 nitrogen and oxygen atoms in total. The molecule has 1 aliphatic rings. The van der Waals surface area contributed by atoms with Crippen LogP contribution in [0.25, 0.3) is 0 Å². The molecule has 0 aromatic rings. The number of urea groups is 1. The summed E-state index contributed by atoms with van der Waals surface area (Å²) < 4.78 is 4.84. The molecule has 0 bridgehead atoms. The van der Waals surface area contributed by atoms with E-state index in [9.17, 15) is 9.59 Å². The standard InChI is InChI=1S/C12H22N2O4/c1-9-5-3-4-7-14(9)12(17)13-10(11(15)16)6-8-18-2/h9-10H,3-8H2,1-2H3,(H,13,17)(H,15,16). The van der Waals surface area contributed by atoms with Crippen LogP contribution in [0.15, 0.2) is 0 Å². The predicted molar refractivity (Wildman–Crippen MR) is 66.5 cm³/mol. The fourth-order valence-corrected chi connectivity index (χ4v) is 2.12. The molecule has 18 heavy (non-hydrogen) atoms. The molecule has 1 aliphatic heterocycles. The first-order valence-corrected chi connectivity index (χ1v) is 6.35. The van der Waals surface area contributed by atoms with Crippen molar-refractivity contribution in [3.63, 3.8) is 0 Å². The van der Waals surface area contributed by atoms with Gasteiger partial charge in [0.05, 0.1) is 0 Å². The largest absolute Gasteiger partial charge is 0.480 e. The first-order valence-electron chi connectivity index (χ1n) is 6.35. The Morgan fingerprint density at radius 2 is 2.22 bits per heavy atom. The fraction of sp³-hybridized carbons (Fsp3) is 0.833. The normalized spacial score (nSPS) is 21.4. The number of carboxylic acid groups (broad SMARTS) is 1. The number of ether oxygens (including phenoxy) is 1. The first kappa shape index (κ1) is 14.8.